The number of aryl methyl sites for hydroxylation is 3. The van der Waals surface area contributed by atoms with Crippen LogP contribution in [0, 0.1) is 20.8 Å². The second-order valence-electron chi connectivity index (χ2n) is 7.55. The SMILES string of the molecule is Cc1ccc(S(=O)(=O)Nc2cccc(C(=O)N[C@H](C)c3cc(C)ccc3C)c2)cc1. The molecule has 0 aliphatic carbocycles. The molecule has 3 rings (SSSR count). The summed E-state index contributed by atoms with van der Waals surface area (Å²) in [6, 6.07) is 19.0. The van der Waals surface area contributed by atoms with E-state index in [2.05, 4.69) is 16.1 Å². The van der Waals surface area contributed by atoms with Crippen LogP contribution in [0.1, 0.15) is 45.6 Å². The summed E-state index contributed by atoms with van der Waals surface area (Å²) in [7, 11) is -3.73. The highest BCUT2D eigenvalue weighted by Crippen LogP contribution is 2.21. The van der Waals surface area contributed by atoms with E-state index < -0.39 is 10.0 Å². The van der Waals surface area contributed by atoms with Gasteiger partial charge in [-0.1, -0.05) is 47.5 Å². The number of anilines is 1. The van der Waals surface area contributed by atoms with Gasteiger partial charge in [-0.05, 0) is 69.2 Å². The van der Waals surface area contributed by atoms with Crippen LogP contribution in [0.5, 0.6) is 0 Å². The third-order valence-corrected chi connectivity index (χ3v) is 6.35. The van der Waals surface area contributed by atoms with Gasteiger partial charge in [-0.15, -0.1) is 0 Å². The zero-order chi connectivity index (χ0) is 21.9. The lowest BCUT2D eigenvalue weighted by atomic mass is 9.99. The second-order valence-corrected chi connectivity index (χ2v) is 9.24. The first-order valence-corrected chi connectivity index (χ1v) is 11.2. The Kier molecular flexibility index (Phi) is 6.27. The van der Waals surface area contributed by atoms with Gasteiger partial charge in [0.25, 0.3) is 15.9 Å². The molecule has 3 aromatic carbocycles. The fraction of sp³-hybridized carbons (Fsp3) is 0.208. The van der Waals surface area contributed by atoms with Crippen molar-refractivity contribution in [2.75, 3.05) is 4.72 Å². The zero-order valence-corrected chi connectivity index (χ0v) is 18.4. The highest BCUT2D eigenvalue weighted by atomic mass is 32.2. The molecule has 0 saturated heterocycles. The zero-order valence-electron chi connectivity index (χ0n) is 17.6. The van der Waals surface area contributed by atoms with Crippen LogP contribution < -0.4 is 10.0 Å². The Labute approximate surface area is 178 Å². The number of rotatable bonds is 6. The van der Waals surface area contributed by atoms with Crippen LogP contribution in [0.25, 0.3) is 0 Å². The maximum Gasteiger partial charge on any atom is 0.261 e. The fourth-order valence-corrected chi connectivity index (χ4v) is 4.29. The summed E-state index contributed by atoms with van der Waals surface area (Å²) in [5.41, 5.74) is 4.99. The van der Waals surface area contributed by atoms with Crippen molar-refractivity contribution >= 4 is 21.6 Å². The van der Waals surface area contributed by atoms with Crippen LogP contribution in [-0.2, 0) is 10.0 Å². The highest BCUT2D eigenvalue weighted by molar-refractivity contribution is 7.92. The van der Waals surface area contributed by atoms with Gasteiger partial charge in [0, 0.05) is 11.3 Å². The average Bonchev–Trinajstić information content (AvgIpc) is 2.70. The van der Waals surface area contributed by atoms with Gasteiger partial charge >= 0.3 is 0 Å². The molecule has 30 heavy (non-hydrogen) atoms. The number of carbonyl (C=O) groups is 1. The molecule has 0 heterocycles. The third kappa shape index (κ3) is 5.07. The van der Waals surface area contributed by atoms with Crippen LogP contribution in [0.15, 0.2) is 71.6 Å². The van der Waals surface area contributed by atoms with E-state index >= 15 is 0 Å². The molecule has 1 atom stereocenters. The monoisotopic (exact) mass is 422 g/mol. The summed E-state index contributed by atoms with van der Waals surface area (Å²) in [6.07, 6.45) is 0. The number of amides is 1. The molecule has 3 aromatic rings. The molecule has 6 heteroatoms. The molecule has 0 aliphatic heterocycles. The third-order valence-electron chi connectivity index (χ3n) is 4.96. The molecule has 0 unspecified atom stereocenters. The van der Waals surface area contributed by atoms with Crippen molar-refractivity contribution in [3.8, 4) is 0 Å². The Morgan fingerprint density at radius 1 is 0.867 bits per heavy atom. The first-order chi connectivity index (χ1) is 14.2. The molecular weight excluding hydrogens is 396 g/mol. The van der Waals surface area contributed by atoms with E-state index in [-0.39, 0.29) is 16.8 Å². The summed E-state index contributed by atoms with van der Waals surface area (Å²) in [6.45, 7) is 7.85. The molecule has 0 radical (unpaired) electrons. The van der Waals surface area contributed by atoms with Gasteiger partial charge in [0.2, 0.25) is 0 Å². The number of hydrogen-bond acceptors (Lipinski definition) is 3. The van der Waals surface area contributed by atoms with E-state index in [9.17, 15) is 13.2 Å². The van der Waals surface area contributed by atoms with Crippen molar-refractivity contribution in [2.45, 2.75) is 38.6 Å². The number of benzene rings is 3. The van der Waals surface area contributed by atoms with Gasteiger partial charge in [-0.3, -0.25) is 9.52 Å². The van der Waals surface area contributed by atoms with Crippen molar-refractivity contribution in [1.82, 2.24) is 5.32 Å². The first-order valence-electron chi connectivity index (χ1n) is 9.73. The maximum atomic E-state index is 12.8. The minimum Gasteiger partial charge on any atom is -0.346 e. The Bertz CT molecular complexity index is 1170. The van der Waals surface area contributed by atoms with Gasteiger partial charge < -0.3 is 5.32 Å². The van der Waals surface area contributed by atoms with Gasteiger partial charge in [-0.2, -0.15) is 0 Å². The quantitative estimate of drug-likeness (QED) is 0.593. The topological polar surface area (TPSA) is 75.3 Å². The van der Waals surface area contributed by atoms with Crippen LogP contribution >= 0.6 is 0 Å². The number of hydrogen-bond donors (Lipinski definition) is 2. The molecule has 5 nitrogen and oxygen atoms in total. The van der Waals surface area contributed by atoms with E-state index in [0.717, 1.165) is 22.3 Å². The normalized spacial score (nSPS) is 12.3. The Morgan fingerprint density at radius 3 is 2.23 bits per heavy atom. The summed E-state index contributed by atoms with van der Waals surface area (Å²) in [5.74, 6) is -0.264. The fourth-order valence-electron chi connectivity index (χ4n) is 3.24. The van der Waals surface area contributed by atoms with Gasteiger partial charge in [-0.25, -0.2) is 8.42 Å². The maximum absolute atomic E-state index is 12.8. The van der Waals surface area contributed by atoms with Gasteiger partial charge in [0.05, 0.1) is 10.9 Å². The lowest BCUT2D eigenvalue weighted by Crippen LogP contribution is -2.27. The summed E-state index contributed by atoms with van der Waals surface area (Å²) in [4.78, 5) is 12.9. The van der Waals surface area contributed by atoms with Crippen molar-refractivity contribution in [3.05, 3.63) is 94.5 Å². The molecular formula is C24H26N2O3S. The minimum absolute atomic E-state index is 0.173. The standard InChI is InChI=1S/C24H26N2O3S/c1-16-9-12-22(13-10-16)30(28,29)26-21-7-5-6-20(15-21)24(27)25-19(4)23-14-17(2)8-11-18(23)3/h5-15,19,26H,1-4H3,(H,25,27)/t19-/m1/s1. The van der Waals surface area contributed by atoms with Crippen LogP contribution in [0.4, 0.5) is 5.69 Å². The van der Waals surface area contributed by atoms with Crippen molar-refractivity contribution in [2.24, 2.45) is 0 Å². The minimum atomic E-state index is -3.73. The molecule has 0 aliphatic rings. The van der Waals surface area contributed by atoms with Gasteiger partial charge in [0.1, 0.15) is 0 Å². The van der Waals surface area contributed by atoms with Crippen LogP contribution in [-0.4, -0.2) is 14.3 Å². The molecule has 0 fully saturated rings. The van der Waals surface area contributed by atoms with Crippen LogP contribution in [0.2, 0.25) is 0 Å². The highest BCUT2D eigenvalue weighted by Gasteiger charge is 2.17. The Balaban J connectivity index is 1.77. The summed E-state index contributed by atoms with van der Waals surface area (Å²) >= 11 is 0. The molecule has 2 N–H and O–H groups in total. The summed E-state index contributed by atoms with van der Waals surface area (Å²) in [5, 5.41) is 2.99. The smallest absolute Gasteiger partial charge is 0.261 e. The number of sulfonamides is 1. The molecule has 1 amide bonds. The Morgan fingerprint density at radius 2 is 1.53 bits per heavy atom. The number of nitrogens with one attached hydrogen (secondary N) is 2. The van der Waals surface area contributed by atoms with E-state index in [1.165, 1.54) is 6.07 Å². The average molecular weight is 423 g/mol. The van der Waals surface area contributed by atoms with E-state index in [1.807, 2.05) is 39.8 Å². The lowest BCUT2D eigenvalue weighted by Gasteiger charge is -2.18. The Hall–Kier alpha value is -3.12. The largest absolute Gasteiger partial charge is 0.346 e. The second kappa shape index (κ2) is 8.71. The predicted molar refractivity (Wildman–Crippen MR) is 120 cm³/mol. The number of carbonyl (C=O) groups excluding carboxylic acids is 1. The van der Waals surface area contributed by atoms with E-state index in [4.69, 9.17) is 0 Å². The van der Waals surface area contributed by atoms with Gasteiger partial charge in [0.15, 0.2) is 0 Å². The van der Waals surface area contributed by atoms with Crippen molar-refractivity contribution < 1.29 is 13.2 Å². The molecule has 0 saturated carbocycles. The van der Waals surface area contributed by atoms with E-state index in [1.54, 1.807) is 42.5 Å². The summed E-state index contributed by atoms with van der Waals surface area (Å²) < 4.78 is 27.8. The first kappa shape index (κ1) is 21.6. The molecule has 156 valence electrons. The molecule has 0 bridgehead atoms. The van der Waals surface area contributed by atoms with Crippen LogP contribution in [0.3, 0.4) is 0 Å². The van der Waals surface area contributed by atoms with Crippen molar-refractivity contribution in [1.29, 1.82) is 0 Å². The van der Waals surface area contributed by atoms with E-state index in [0.29, 0.717) is 11.3 Å². The predicted octanol–water partition coefficient (Wildman–Crippen LogP) is 4.90. The molecule has 0 aromatic heterocycles. The van der Waals surface area contributed by atoms with Crippen molar-refractivity contribution in [3.63, 3.8) is 0 Å². The molecule has 0 spiro atoms. The lowest BCUT2D eigenvalue weighted by molar-refractivity contribution is 0.0940.